The van der Waals surface area contributed by atoms with Crippen molar-refractivity contribution >= 4 is 74.5 Å². The van der Waals surface area contributed by atoms with Gasteiger partial charge in [0.25, 0.3) is 6.71 Å². The molecule has 1 aromatic heterocycles. The molecular weight excluding hydrogens is 802 g/mol. The molecule has 3 aliphatic rings. The molecule has 0 fully saturated rings. The Morgan fingerprint density at radius 2 is 1.02 bits per heavy atom. The summed E-state index contributed by atoms with van der Waals surface area (Å²) >= 11 is 0. The van der Waals surface area contributed by atoms with Crippen LogP contribution >= 0.6 is 0 Å². The number of hydrogen-bond donors (Lipinski definition) is 0. The minimum Gasteiger partial charge on any atom is -0.472 e. The number of furan rings is 1. The first-order chi connectivity index (χ1) is 31.0. The van der Waals surface area contributed by atoms with Crippen molar-refractivity contribution in [3.05, 3.63) is 167 Å². The summed E-state index contributed by atoms with van der Waals surface area (Å²) in [4.78, 5) is 7.62. The first kappa shape index (κ1) is 43.9. The number of nitrogens with zero attached hydrogens (tertiary/aromatic N) is 3. The fraction of sp³-hybridized carbons (Fsp3) is 0.344. The van der Waals surface area contributed by atoms with Crippen LogP contribution in [0.1, 0.15) is 136 Å². The first-order valence-electron chi connectivity index (χ1n) is 24.3. The van der Waals surface area contributed by atoms with E-state index < -0.39 is 0 Å². The van der Waals surface area contributed by atoms with E-state index in [1.54, 1.807) is 0 Å². The lowest BCUT2D eigenvalue weighted by molar-refractivity contribution is 0.282. The standard InChI is InChI=1S/C61H68BN3O/c1-39-35-41(58(5,6)7)27-31-48(39)65-51-38-46(63(43-21-17-15-18-22-43)44-23-19-16-20-24-44)37-50-53(51)62(56-54(65)52-55(66-56)61(13,14)34-33-60(52,11)12)47-36-42(59(8,9)10)28-32-49(47)64(50)45-29-25-40(26-30-45)57(2,3)4/h15-32,35-38H,33-34H2,1-14H3. The highest BCUT2D eigenvalue weighted by Gasteiger charge is 2.53. The van der Waals surface area contributed by atoms with E-state index in [1.807, 2.05) is 0 Å². The van der Waals surface area contributed by atoms with Gasteiger partial charge in [0, 0.05) is 50.8 Å². The Morgan fingerprint density at radius 1 is 0.515 bits per heavy atom. The van der Waals surface area contributed by atoms with Gasteiger partial charge in [0.1, 0.15) is 5.76 Å². The molecule has 0 amide bonds. The van der Waals surface area contributed by atoms with E-state index in [0.717, 1.165) is 52.7 Å². The van der Waals surface area contributed by atoms with Gasteiger partial charge in [-0.2, -0.15) is 0 Å². The number of benzene rings is 6. The summed E-state index contributed by atoms with van der Waals surface area (Å²) in [5, 5.41) is 0. The van der Waals surface area contributed by atoms with Crippen molar-refractivity contribution in [1.82, 2.24) is 0 Å². The third kappa shape index (κ3) is 7.11. The number of anilines is 9. The van der Waals surface area contributed by atoms with Gasteiger partial charge in [0.15, 0.2) is 0 Å². The Morgan fingerprint density at radius 3 is 1.56 bits per heavy atom. The predicted octanol–water partition coefficient (Wildman–Crippen LogP) is 15.4. The van der Waals surface area contributed by atoms with Crippen LogP contribution in [0.2, 0.25) is 0 Å². The van der Waals surface area contributed by atoms with E-state index in [2.05, 4.69) is 245 Å². The molecule has 66 heavy (non-hydrogen) atoms. The largest absolute Gasteiger partial charge is 0.472 e. The highest BCUT2D eigenvalue weighted by molar-refractivity contribution is 6.99. The molecule has 4 nitrogen and oxygen atoms in total. The first-order valence-corrected chi connectivity index (χ1v) is 24.3. The third-order valence-electron chi connectivity index (χ3n) is 15.0. The molecule has 1 aliphatic carbocycles. The lowest BCUT2D eigenvalue weighted by Gasteiger charge is -2.45. The van der Waals surface area contributed by atoms with Crippen molar-refractivity contribution in [2.75, 3.05) is 14.7 Å². The lowest BCUT2D eigenvalue weighted by atomic mass is 9.35. The fourth-order valence-electron chi connectivity index (χ4n) is 11.0. The fourth-order valence-corrected chi connectivity index (χ4v) is 11.0. The molecule has 0 unspecified atom stereocenters. The normalized spacial score (nSPS) is 16.1. The maximum Gasteiger partial charge on any atom is 0.297 e. The quantitative estimate of drug-likeness (QED) is 0.161. The number of hydrogen-bond acceptors (Lipinski definition) is 4. The Bertz CT molecular complexity index is 2950. The SMILES string of the molecule is Cc1cc(C(C)(C)C)ccc1N1c2cc(N(c3ccccc3)c3ccccc3)cc3c2B(c2cc(C(C)(C)C)ccc2N3c2ccc(C(C)(C)C)cc2)c2oc3c(c21)C(C)(C)CCC3(C)C. The van der Waals surface area contributed by atoms with E-state index in [1.165, 1.54) is 61.5 Å². The summed E-state index contributed by atoms with van der Waals surface area (Å²) in [6.07, 6.45) is 2.15. The topological polar surface area (TPSA) is 22.9 Å². The number of fused-ring (bicyclic) bond motifs is 6. The molecule has 0 N–H and O–H groups in total. The molecule has 0 bridgehead atoms. The molecule has 0 spiro atoms. The number of rotatable bonds is 5. The Hall–Kier alpha value is -5.94. The number of para-hydroxylation sites is 2. The van der Waals surface area contributed by atoms with Crippen molar-refractivity contribution in [3.8, 4) is 0 Å². The average molecular weight is 870 g/mol. The Labute approximate surface area is 395 Å². The molecule has 0 atom stereocenters. The van der Waals surface area contributed by atoms with Gasteiger partial charge in [-0.15, -0.1) is 0 Å². The summed E-state index contributed by atoms with van der Waals surface area (Å²) < 4.78 is 7.72. The average Bonchev–Trinajstić information content (AvgIpc) is 3.68. The van der Waals surface area contributed by atoms with E-state index in [4.69, 9.17) is 4.42 Å². The van der Waals surface area contributed by atoms with Gasteiger partial charge in [-0.3, -0.25) is 0 Å². The van der Waals surface area contributed by atoms with Crippen molar-refractivity contribution in [2.45, 2.75) is 137 Å². The Kier molecular flexibility index (Phi) is 10.0. The van der Waals surface area contributed by atoms with Gasteiger partial charge in [-0.05, 0) is 135 Å². The lowest BCUT2D eigenvalue weighted by Crippen LogP contribution is -2.61. The second-order valence-electron chi connectivity index (χ2n) is 23.9. The van der Waals surface area contributed by atoms with Gasteiger partial charge in [-0.1, -0.05) is 163 Å². The summed E-state index contributed by atoms with van der Waals surface area (Å²) in [5.74, 6) is 1.14. The molecule has 2 aliphatic heterocycles. The zero-order valence-electron chi connectivity index (χ0n) is 41.9. The van der Waals surface area contributed by atoms with Crippen LogP contribution in [0, 0.1) is 6.92 Å². The van der Waals surface area contributed by atoms with Crippen LogP contribution in [0.5, 0.6) is 0 Å². The van der Waals surface area contributed by atoms with Crippen LogP contribution in [0.4, 0.5) is 51.2 Å². The van der Waals surface area contributed by atoms with Gasteiger partial charge in [-0.25, -0.2) is 0 Å². The predicted molar refractivity (Wildman–Crippen MR) is 284 cm³/mol. The highest BCUT2D eigenvalue weighted by Crippen LogP contribution is 2.56. The maximum absolute atomic E-state index is 7.72. The minimum atomic E-state index is -0.147. The van der Waals surface area contributed by atoms with Gasteiger partial charge >= 0.3 is 0 Å². The van der Waals surface area contributed by atoms with Crippen LogP contribution in [-0.4, -0.2) is 6.71 Å². The molecule has 0 radical (unpaired) electrons. The summed E-state index contributed by atoms with van der Waals surface area (Å²) in [7, 11) is 0. The molecule has 336 valence electrons. The van der Waals surface area contributed by atoms with Crippen LogP contribution < -0.4 is 31.3 Å². The molecule has 3 heterocycles. The van der Waals surface area contributed by atoms with Crippen LogP contribution in [0.3, 0.4) is 0 Å². The molecular formula is C61H68BN3O. The van der Waals surface area contributed by atoms with Crippen LogP contribution in [0.15, 0.2) is 138 Å². The van der Waals surface area contributed by atoms with Crippen LogP contribution in [0.25, 0.3) is 0 Å². The number of aryl methyl sites for hydroxylation is 1. The molecule has 5 heteroatoms. The van der Waals surface area contributed by atoms with Crippen molar-refractivity contribution in [1.29, 1.82) is 0 Å². The van der Waals surface area contributed by atoms with E-state index in [0.29, 0.717) is 0 Å². The Balaban J connectivity index is 1.38. The second-order valence-corrected chi connectivity index (χ2v) is 23.9. The highest BCUT2D eigenvalue weighted by atomic mass is 16.3. The molecule has 10 rings (SSSR count). The minimum absolute atomic E-state index is 0.00469. The second kappa shape index (κ2) is 15.0. The third-order valence-corrected chi connectivity index (χ3v) is 15.0. The monoisotopic (exact) mass is 870 g/mol. The van der Waals surface area contributed by atoms with E-state index in [-0.39, 0.29) is 33.8 Å². The molecule has 0 saturated heterocycles. The van der Waals surface area contributed by atoms with E-state index in [9.17, 15) is 0 Å². The zero-order valence-corrected chi connectivity index (χ0v) is 41.9. The summed E-state index contributed by atoms with van der Waals surface area (Å²) in [6.45, 7) is 32.7. The zero-order chi connectivity index (χ0) is 46.9. The summed E-state index contributed by atoms with van der Waals surface area (Å²) in [6, 6.07) is 50.5. The van der Waals surface area contributed by atoms with Gasteiger partial charge < -0.3 is 19.1 Å². The smallest absolute Gasteiger partial charge is 0.297 e. The van der Waals surface area contributed by atoms with Crippen LogP contribution in [-0.2, 0) is 27.1 Å². The molecule has 6 aromatic carbocycles. The van der Waals surface area contributed by atoms with E-state index >= 15 is 0 Å². The molecule has 0 saturated carbocycles. The van der Waals surface area contributed by atoms with Gasteiger partial charge in [0.05, 0.1) is 17.0 Å². The maximum atomic E-state index is 7.72. The van der Waals surface area contributed by atoms with Gasteiger partial charge in [0.2, 0.25) is 0 Å². The van der Waals surface area contributed by atoms with Crippen molar-refractivity contribution in [2.24, 2.45) is 0 Å². The van der Waals surface area contributed by atoms with Crippen molar-refractivity contribution in [3.63, 3.8) is 0 Å². The van der Waals surface area contributed by atoms with Crippen molar-refractivity contribution < 1.29 is 4.42 Å². The summed E-state index contributed by atoms with van der Waals surface area (Å²) in [5.41, 5.74) is 20.3. The molecule has 7 aromatic rings.